The zero-order chi connectivity index (χ0) is 21.0. The molecule has 0 bridgehead atoms. The van der Waals surface area contributed by atoms with Crippen LogP contribution in [0.15, 0.2) is 41.0 Å². The second-order valence-corrected chi connectivity index (χ2v) is 7.81. The number of carbonyl (C=O) groups is 1. The van der Waals surface area contributed by atoms with Gasteiger partial charge < -0.3 is 14.2 Å². The highest BCUT2D eigenvalue weighted by molar-refractivity contribution is 5.94. The van der Waals surface area contributed by atoms with Gasteiger partial charge in [0.2, 0.25) is 0 Å². The average molecular weight is 408 g/mol. The zero-order valence-corrected chi connectivity index (χ0v) is 16.8. The van der Waals surface area contributed by atoms with Crippen LogP contribution in [0.2, 0.25) is 0 Å². The van der Waals surface area contributed by atoms with Crippen LogP contribution in [-0.2, 0) is 12.6 Å². The van der Waals surface area contributed by atoms with Crippen LogP contribution in [0.4, 0.5) is 13.2 Å². The van der Waals surface area contributed by atoms with Crippen LogP contribution in [0.1, 0.15) is 40.1 Å². The summed E-state index contributed by atoms with van der Waals surface area (Å²) in [6.07, 6.45) is -0.214. The highest BCUT2D eigenvalue weighted by Crippen LogP contribution is 2.29. The van der Waals surface area contributed by atoms with Crippen molar-refractivity contribution in [2.24, 2.45) is 5.92 Å². The van der Waals surface area contributed by atoms with Crippen LogP contribution in [0, 0.1) is 12.8 Å². The molecule has 0 unspecified atom stereocenters. The van der Waals surface area contributed by atoms with Gasteiger partial charge >= 0.3 is 6.18 Å². The molecule has 29 heavy (non-hydrogen) atoms. The molecule has 0 spiro atoms. The molecule has 2 aromatic rings. The molecule has 7 heteroatoms. The summed E-state index contributed by atoms with van der Waals surface area (Å²) in [5.74, 6) is 1.04. The molecule has 1 aliphatic heterocycles. The third-order valence-corrected chi connectivity index (χ3v) is 5.65. The summed E-state index contributed by atoms with van der Waals surface area (Å²) in [5.41, 5.74) is 0.725. The van der Waals surface area contributed by atoms with Crippen molar-refractivity contribution in [1.29, 1.82) is 0 Å². The third-order valence-electron chi connectivity index (χ3n) is 5.65. The molecular formula is C22H27F3N2O2. The van der Waals surface area contributed by atoms with Gasteiger partial charge in [-0.05, 0) is 62.9 Å². The van der Waals surface area contributed by atoms with Gasteiger partial charge in [-0.3, -0.25) is 4.79 Å². The van der Waals surface area contributed by atoms with E-state index in [1.165, 1.54) is 18.4 Å². The minimum atomic E-state index is -4.30. The standard InChI is InChI=1S/C22H27F3N2O2/c1-16-20(9-13-29-16)21(28)26(2)15-18-7-11-27(12-8-18)10-6-17-4-3-5-19(14-17)22(23,24)25/h3-5,9,13-14,18H,6-8,10-12,15H2,1-2H3. The van der Waals surface area contributed by atoms with Crippen LogP contribution in [0.25, 0.3) is 0 Å². The van der Waals surface area contributed by atoms with Crippen molar-refractivity contribution in [3.05, 3.63) is 59.0 Å². The molecular weight excluding hydrogens is 381 g/mol. The average Bonchev–Trinajstić information content (AvgIpc) is 3.12. The molecule has 0 radical (unpaired) electrons. The molecule has 0 N–H and O–H groups in total. The van der Waals surface area contributed by atoms with E-state index >= 15 is 0 Å². The number of carbonyl (C=O) groups excluding carboxylic acids is 1. The van der Waals surface area contributed by atoms with Crippen LogP contribution in [0.5, 0.6) is 0 Å². The first-order chi connectivity index (χ1) is 13.7. The maximum Gasteiger partial charge on any atom is 0.416 e. The van der Waals surface area contributed by atoms with Gasteiger partial charge in [-0.25, -0.2) is 0 Å². The summed E-state index contributed by atoms with van der Waals surface area (Å²) >= 11 is 0. The number of halogens is 3. The van der Waals surface area contributed by atoms with Gasteiger partial charge in [0, 0.05) is 20.1 Å². The molecule has 1 aromatic heterocycles. The van der Waals surface area contributed by atoms with Crippen molar-refractivity contribution < 1.29 is 22.4 Å². The van der Waals surface area contributed by atoms with Gasteiger partial charge in [-0.2, -0.15) is 13.2 Å². The van der Waals surface area contributed by atoms with E-state index in [4.69, 9.17) is 4.42 Å². The molecule has 1 aromatic carbocycles. The van der Waals surface area contributed by atoms with E-state index in [1.54, 1.807) is 24.0 Å². The number of aryl methyl sites for hydroxylation is 1. The van der Waals surface area contributed by atoms with E-state index in [0.717, 1.165) is 38.5 Å². The highest BCUT2D eigenvalue weighted by Gasteiger charge is 2.30. The number of piperidine rings is 1. The number of furan rings is 1. The van der Waals surface area contributed by atoms with E-state index in [0.29, 0.717) is 35.8 Å². The van der Waals surface area contributed by atoms with Crippen LogP contribution < -0.4 is 0 Å². The molecule has 0 atom stereocenters. The summed E-state index contributed by atoms with van der Waals surface area (Å²) < 4.78 is 43.7. The minimum absolute atomic E-state index is 0.0248. The number of rotatable bonds is 6. The summed E-state index contributed by atoms with van der Waals surface area (Å²) in [5, 5.41) is 0. The molecule has 2 heterocycles. The molecule has 4 nitrogen and oxygen atoms in total. The van der Waals surface area contributed by atoms with E-state index in [1.807, 2.05) is 7.05 Å². The van der Waals surface area contributed by atoms with Gasteiger partial charge in [0.1, 0.15) is 5.76 Å². The lowest BCUT2D eigenvalue weighted by molar-refractivity contribution is -0.137. The second-order valence-electron chi connectivity index (χ2n) is 7.81. The molecule has 158 valence electrons. The Morgan fingerprint density at radius 1 is 1.24 bits per heavy atom. The summed E-state index contributed by atoms with van der Waals surface area (Å²) in [4.78, 5) is 16.5. The van der Waals surface area contributed by atoms with Gasteiger partial charge in [-0.15, -0.1) is 0 Å². The van der Waals surface area contributed by atoms with E-state index in [2.05, 4.69) is 4.90 Å². The molecule has 0 aliphatic carbocycles. The van der Waals surface area contributed by atoms with Crippen molar-refractivity contribution >= 4 is 5.91 Å². The van der Waals surface area contributed by atoms with Crippen LogP contribution >= 0.6 is 0 Å². The zero-order valence-electron chi connectivity index (χ0n) is 16.8. The third kappa shape index (κ3) is 5.63. The lowest BCUT2D eigenvalue weighted by Crippen LogP contribution is -2.40. The van der Waals surface area contributed by atoms with Gasteiger partial charge in [0.25, 0.3) is 5.91 Å². The Balaban J connectivity index is 1.44. The number of alkyl halides is 3. The van der Waals surface area contributed by atoms with E-state index in [9.17, 15) is 18.0 Å². The second kappa shape index (κ2) is 9.03. The fraction of sp³-hybridized carbons (Fsp3) is 0.500. The maximum absolute atomic E-state index is 12.8. The molecule has 1 amide bonds. The molecule has 1 saturated heterocycles. The highest BCUT2D eigenvalue weighted by atomic mass is 19.4. The Hall–Kier alpha value is -2.28. The molecule has 3 rings (SSSR count). The number of hydrogen-bond donors (Lipinski definition) is 0. The van der Waals surface area contributed by atoms with Gasteiger partial charge in [0.15, 0.2) is 0 Å². The van der Waals surface area contributed by atoms with Gasteiger partial charge in [-0.1, -0.05) is 18.2 Å². The lowest BCUT2D eigenvalue weighted by Gasteiger charge is -2.34. The summed E-state index contributed by atoms with van der Waals surface area (Å²) in [6.45, 7) is 5.03. The number of likely N-dealkylation sites (tertiary alicyclic amines) is 1. The van der Waals surface area contributed by atoms with Crippen molar-refractivity contribution in [2.75, 3.05) is 33.2 Å². The fourth-order valence-electron chi connectivity index (χ4n) is 3.87. The van der Waals surface area contributed by atoms with Crippen LogP contribution in [-0.4, -0.2) is 48.9 Å². The Bertz CT molecular complexity index is 823. The topological polar surface area (TPSA) is 36.7 Å². The van der Waals surface area contributed by atoms with Crippen molar-refractivity contribution in [3.63, 3.8) is 0 Å². The Morgan fingerprint density at radius 3 is 2.59 bits per heavy atom. The minimum Gasteiger partial charge on any atom is -0.469 e. The fourth-order valence-corrected chi connectivity index (χ4v) is 3.87. The number of nitrogens with zero attached hydrogens (tertiary/aromatic N) is 2. The smallest absolute Gasteiger partial charge is 0.416 e. The largest absolute Gasteiger partial charge is 0.469 e. The molecule has 1 fully saturated rings. The lowest BCUT2D eigenvalue weighted by atomic mass is 9.95. The van der Waals surface area contributed by atoms with Crippen molar-refractivity contribution in [1.82, 2.24) is 9.80 Å². The maximum atomic E-state index is 12.8. The summed E-state index contributed by atoms with van der Waals surface area (Å²) in [6, 6.07) is 7.27. The van der Waals surface area contributed by atoms with E-state index in [-0.39, 0.29) is 5.91 Å². The predicted molar refractivity (Wildman–Crippen MR) is 105 cm³/mol. The number of amides is 1. The number of benzene rings is 1. The quantitative estimate of drug-likeness (QED) is 0.699. The van der Waals surface area contributed by atoms with Crippen molar-refractivity contribution in [2.45, 2.75) is 32.4 Å². The molecule has 1 aliphatic rings. The summed E-state index contributed by atoms with van der Waals surface area (Å²) in [7, 11) is 1.81. The monoisotopic (exact) mass is 408 g/mol. The number of hydrogen-bond acceptors (Lipinski definition) is 3. The first-order valence-electron chi connectivity index (χ1n) is 9.92. The Morgan fingerprint density at radius 2 is 1.97 bits per heavy atom. The Labute approximate surface area is 169 Å². The molecule has 0 saturated carbocycles. The van der Waals surface area contributed by atoms with E-state index < -0.39 is 11.7 Å². The first-order valence-corrected chi connectivity index (χ1v) is 9.92. The van der Waals surface area contributed by atoms with Gasteiger partial charge in [0.05, 0.1) is 17.4 Å². The predicted octanol–water partition coefficient (Wildman–Crippen LogP) is 4.63. The SMILES string of the molecule is Cc1occc1C(=O)N(C)CC1CCN(CCc2cccc(C(F)(F)F)c2)CC1. The normalized spacial score (nSPS) is 16.2. The van der Waals surface area contributed by atoms with Crippen LogP contribution in [0.3, 0.4) is 0 Å². The van der Waals surface area contributed by atoms with Crippen molar-refractivity contribution in [3.8, 4) is 0 Å². The first kappa shape index (κ1) is 21.4. The Kier molecular flexibility index (Phi) is 6.67.